The summed E-state index contributed by atoms with van der Waals surface area (Å²) in [5, 5.41) is 3.32. The van der Waals surface area contributed by atoms with Crippen LogP contribution in [-0.4, -0.2) is 0 Å². The molecule has 1 aromatic heterocycles. The summed E-state index contributed by atoms with van der Waals surface area (Å²) in [6.07, 6.45) is 0. The number of benzene rings is 1. The molecule has 0 aliphatic heterocycles. The molecule has 0 spiro atoms. The quantitative estimate of drug-likeness (QED) is 0.865. The molecule has 1 N–H and O–H groups in total. The molecule has 4 heteroatoms. The van der Waals surface area contributed by atoms with Crippen molar-refractivity contribution in [1.29, 1.82) is 0 Å². The van der Waals surface area contributed by atoms with E-state index in [-0.39, 0.29) is 11.9 Å². The molecule has 1 heterocycles. The molecular formula is C14H15BrFNO. The smallest absolute Gasteiger partial charge is 0.137 e. The Kier molecular flexibility index (Phi) is 3.76. The molecule has 0 aliphatic carbocycles. The van der Waals surface area contributed by atoms with E-state index in [9.17, 15) is 4.39 Å². The average molecular weight is 312 g/mol. The number of anilines is 1. The highest BCUT2D eigenvalue weighted by Crippen LogP contribution is 2.28. The first kappa shape index (κ1) is 13.1. The van der Waals surface area contributed by atoms with E-state index in [1.54, 1.807) is 6.07 Å². The molecule has 0 bridgehead atoms. The summed E-state index contributed by atoms with van der Waals surface area (Å²) in [7, 11) is 0. The number of halogens is 2. The number of hydrogen-bond acceptors (Lipinski definition) is 2. The molecule has 96 valence electrons. The number of furan rings is 1. The molecule has 2 aromatic rings. The molecular weight excluding hydrogens is 297 g/mol. The van der Waals surface area contributed by atoms with Gasteiger partial charge in [0, 0.05) is 5.69 Å². The minimum Gasteiger partial charge on any atom is -0.464 e. The summed E-state index contributed by atoms with van der Waals surface area (Å²) in [4.78, 5) is 0. The van der Waals surface area contributed by atoms with Gasteiger partial charge in [-0.2, -0.15) is 0 Å². The molecule has 2 rings (SSSR count). The van der Waals surface area contributed by atoms with Gasteiger partial charge < -0.3 is 9.73 Å². The zero-order valence-corrected chi connectivity index (χ0v) is 12.1. The predicted octanol–water partition coefficient (Wildman–Crippen LogP) is 4.97. The minimum absolute atomic E-state index is 0.0368. The Hall–Kier alpha value is -1.29. The van der Waals surface area contributed by atoms with Crippen molar-refractivity contribution in [3.05, 3.63) is 51.6 Å². The lowest BCUT2D eigenvalue weighted by atomic mass is 10.1. The summed E-state index contributed by atoms with van der Waals surface area (Å²) < 4.78 is 19.3. The van der Waals surface area contributed by atoms with Crippen LogP contribution in [0.3, 0.4) is 0 Å². The fourth-order valence-electron chi connectivity index (χ4n) is 1.79. The lowest BCUT2D eigenvalue weighted by Crippen LogP contribution is -2.07. The molecule has 0 fully saturated rings. The summed E-state index contributed by atoms with van der Waals surface area (Å²) in [5.41, 5.74) is 1.76. The van der Waals surface area contributed by atoms with Crippen molar-refractivity contribution in [2.75, 3.05) is 5.32 Å². The van der Waals surface area contributed by atoms with Crippen LogP contribution in [0.5, 0.6) is 0 Å². The molecule has 0 radical (unpaired) electrons. The van der Waals surface area contributed by atoms with E-state index in [2.05, 4.69) is 21.2 Å². The van der Waals surface area contributed by atoms with Gasteiger partial charge in [-0.05, 0) is 66.5 Å². The maximum absolute atomic E-state index is 13.3. The second-order valence-corrected chi connectivity index (χ2v) is 5.25. The number of rotatable bonds is 3. The molecule has 2 nitrogen and oxygen atoms in total. The lowest BCUT2D eigenvalue weighted by molar-refractivity contribution is 0.467. The van der Waals surface area contributed by atoms with E-state index < -0.39 is 0 Å². The first-order chi connectivity index (χ1) is 8.47. The van der Waals surface area contributed by atoms with Crippen LogP contribution in [-0.2, 0) is 0 Å². The van der Waals surface area contributed by atoms with Gasteiger partial charge in [-0.1, -0.05) is 0 Å². The third kappa shape index (κ3) is 2.75. The Bertz CT molecular complexity index is 565. The van der Waals surface area contributed by atoms with Gasteiger partial charge in [-0.25, -0.2) is 4.39 Å². The summed E-state index contributed by atoms with van der Waals surface area (Å²) in [6.45, 7) is 5.79. The normalized spacial score (nSPS) is 12.5. The van der Waals surface area contributed by atoms with Crippen molar-refractivity contribution in [3.63, 3.8) is 0 Å². The monoisotopic (exact) mass is 311 g/mol. The van der Waals surface area contributed by atoms with E-state index in [1.165, 1.54) is 6.07 Å². The number of nitrogens with one attached hydrogen (secondary N) is 1. The van der Waals surface area contributed by atoms with Crippen LogP contribution >= 0.6 is 15.9 Å². The topological polar surface area (TPSA) is 25.2 Å². The molecule has 1 unspecified atom stereocenters. The molecule has 0 aliphatic rings. The van der Waals surface area contributed by atoms with Crippen LogP contribution in [0.1, 0.15) is 30.0 Å². The van der Waals surface area contributed by atoms with Gasteiger partial charge in [0.25, 0.3) is 0 Å². The summed E-state index contributed by atoms with van der Waals surface area (Å²) in [5.74, 6) is 1.50. The lowest BCUT2D eigenvalue weighted by Gasteiger charge is -2.15. The standard InChI is InChI=1S/C14H15BrFNO/c1-8-6-12(16)11(15)7-13(8)17-10(3)14-5-4-9(2)18-14/h4-7,10,17H,1-3H3. The Morgan fingerprint density at radius 1 is 1.28 bits per heavy atom. The maximum atomic E-state index is 13.3. The highest BCUT2D eigenvalue weighted by atomic mass is 79.9. The van der Waals surface area contributed by atoms with Crippen LogP contribution in [0.15, 0.2) is 33.2 Å². The third-order valence-electron chi connectivity index (χ3n) is 2.83. The Balaban J connectivity index is 2.21. The summed E-state index contributed by atoms with van der Waals surface area (Å²) in [6, 6.07) is 7.17. The zero-order chi connectivity index (χ0) is 13.3. The van der Waals surface area contributed by atoms with Gasteiger partial charge in [0.15, 0.2) is 0 Å². The minimum atomic E-state index is -0.250. The summed E-state index contributed by atoms with van der Waals surface area (Å²) >= 11 is 3.19. The van der Waals surface area contributed by atoms with Crippen molar-refractivity contribution in [3.8, 4) is 0 Å². The maximum Gasteiger partial charge on any atom is 0.137 e. The second kappa shape index (κ2) is 5.14. The van der Waals surface area contributed by atoms with Crippen LogP contribution < -0.4 is 5.32 Å². The van der Waals surface area contributed by atoms with Gasteiger partial charge in [-0.15, -0.1) is 0 Å². The Morgan fingerprint density at radius 3 is 2.61 bits per heavy atom. The fourth-order valence-corrected chi connectivity index (χ4v) is 2.14. The second-order valence-electron chi connectivity index (χ2n) is 4.40. The molecule has 18 heavy (non-hydrogen) atoms. The number of aryl methyl sites for hydroxylation is 2. The molecule has 0 saturated carbocycles. The average Bonchev–Trinajstić information content (AvgIpc) is 2.73. The van der Waals surface area contributed by atoms with E-state index >= 15 is 0 Å². The van der Waals surface area contributed by atoms with Crippen molar-refractivity contribution in [2.45, 2.75) is 26.8 Å². The van der Waals surface area contributed by atoms with Crippen LogP contribution in [0.4, 0.5) is 10.1 Å². The van der Waals surface area contributed by atoms with Gasteiger partial charge in [0.1, 0.15) is 17.3 Å². The van der Waals surface area contributed by atoms with Crippen LogP contribution in [0, 0.1) is 19.7 Å². The molecule has 1 atom stereocenters. The van der Waals surface area contributed by atoms with Crippen LogP contribution in [0.2, 0.25) is 0 Å². The van der Waals surface area contributed by atoms with Gasteiger partial charge in [0.05, 0.1) is 10.5 Å². The largest absolute Gasteiger partial charge is 0.464 e. The van der Waals surface area contributed by atoms with E-state index in [0.29, 0.717) is 4.47 Å². The Morgan fingerprint density at radius 2 is 2.00 bits per heavy atom. The van der Waals surface area contributed by atoms with Gasteiger partial charge >= 0.3 is 0 Å². The first-order valence-corrected chi connectivity index (χ1v) is 6.55. The Labute approximate surface area is 114 Å². The van der Waals surface area contributed by atoms with Crippen molar-refractivity contribution < 1.29 is 8.81 Å². The van der Waals surface area contributed by atoms with Crippen molar-refractivity contribution in [2.24, 2.45) is 0 Å². The number of hydrogen-bond donors (Lipinski definition) is 1. The molecule has 0 saturated heterocycles. The van der Waals surface area contributed by atoms with Gasteiger partial charge in [0.2, 0.25) is 0 Å². The highest BCUT2D eigenvalue weighted by molar-refractivity contribution is 9.10. The predicted molar refractivity (Wildman–Crippen MR) is 74.3 cm³/mol. The fraction of sp³-hybridized carbons (Fsp3) is 0.286. The van der Waals surface area contributed by atoms with E-state index in [1.807, 2.05) is 32.9 Å². The SMILES string of the molecule is Cc1ccc(C(C)Nc2cc(Br)c(F)cc2C)o1. The van der Waals surface area contributed by atoms with Crippen molar-refractivity contribution in [1.82, 2.24) is 0 Å². The van der Waals surface area contributed by atoms with Crippen molar-refractivity contribution >= 4 is 21.6 Å². The first-order valence-electron chi connectivity index (χ1n) is 5.76. The third-order valence-corrected chi connectivity index (χ3v) is 3.43. The molecule has 1 aromatic carbocycles. The highest BCUT2D eigenvalue weighted by Gasteiger charge is 2.12. The van der Waals surface area contributed by atoms with E-state index in [4.69, 9.17) is 4.42 Å². The van der Waals surface area contributed by atoms with E-state index in [0.717, 1.165) is 22.8 Å². The van der Waals surface area contributed by atoms with Gasteiger partial charge in [-0.3, -0.25) is 0 Å². The zero-order valence-electron chi connectivity index (χ0n) is 10.6. The van der Waals surface area contributed by atoms with Crippen LogP contribution in [0.25, 0.3) is 0 Å². The molecule has 0 amide bonds.